The lowest BCUT2D eigenvalue weighted by molar-refractivity contribution is -0.148. The van der Waals surface area contributed by atoms with Gasteiger partial charge in [-0.15, -0.1) is 45.9 Å². The Labute approximate surface area is 698 Å². The van der Waals surface area contributed by atoms with E-state index in [0.29, 0.717) is 51.6 Å². The molecule has 2 aliphatic heterocycles. The van der Waals surface area contributed by atoms with E-state index >= 15 is 0 Å². The van der Waals surface area contributed by atoms with Gasteiger partial charge in [-0.1, -0.05) is 115 Å². The van der Waals surface area contributed by atoms with E-state index in [1.807, 2.05) is 98.5 Å². The maximum Gasteiger partial charge on any atom is 0.407 e. The molecular formula is C86H136Cl2N10O14S2. The van der Waals surface area contributed by atoms with Crippen LogP contribution in [-0.4, -0.2) is 236 Å². The highest BCUT2D eigenvalue weighted by molar-refractivity contribution is 7.09. The second-order valence-corrected chi connectivity index (χ2v) is 35.3. The van der Waals surface area contributed by atoms with Crippen LogP contribution < -0.4 is 21.7 Å². The number of alkyl halides is 2. The second kappa shape index (κ2) is 49.3. The summed E-state index contributed by atoms with van der Waals surface area (Å²) in [4.78, 5) is 140. The number of hydrogen-bond donors (Lipinski definition) is 4. The van der Waals surface area contributed by atoms with Gasteiger partial charge in [0.05, 0.1) is 99.7 Å². The lowest BCUT2D eigenvalue weighted by Gasteiger charge is -2.40. The number of ketones is 4. The smallest absolute Gasteiger partial charge is 0.407 e. The number of thiazole rings is 2. The van der Waals surface area contributed by atoms with Gasteiger partial charge in [0.25, 0.3) is 0 Å². The summed E-state index contributed by atoms with van der Waals surface area (Å²) in [5.41, 5.74) is 5.92. The van der Waals surface area contributed by atoms with E-state index in [1.165, 1.54) is 0 Å². The van der Waals surface area contributed by atoms with Gasteiger partial charge in [-0.2, -0.15) is 0 Å². The number of nitrogens with two attached hydrogens (primary N) is 1. The van der Waals surface area contributed by atoms with Crippen molar-refractivity contribution in [3.8, 4) is 0 Å². The highest BCUT2D eigenvalue weighted by Gasteiger charge is 2.46. The van der Waals surface area contributed by atoms with E-state index in [9.17, 15) is 43.2 Å². The first kappa shape index (κ1) is 100. The largest absolute Gasteiger partial charge is 0.444 e. The highest BCUT2D eigenvalue weighted by Crippen LogP contribution is 2.37. The van der Waals surface area contributed by atoms with Crippen molar-refractivity contribution in [1.29, 1.82) is 0 Å². The molecule has 0 unspecified atom stereocenters. The SMILES string of the molecule is CC[C@H](C)[C@@H]([C@@H](CC(=O)N1CCC[C@H]1[C@H](OC)[C@@H](C)C(=O)C[C@@H](Cc1ccccc1)c1nccs1)OC)N(C)C(=O)[C@H](CN)CC(=O)C(C)(C)NC.CC[C@H](C)[C@@H]([C@@H](CC(=O)N1CCC[C@H]1[C@H](OC)[C@@H](C)C(=O)C[C@@H](Cc1ccccc1)c1nccs1)OC)N(C)C(=O)[C@H](CNC(=O)OC(C)(C)C)CC(=O)C(C)(C)NC.ClCCl. The van der Waals surface area contributed by atoms with Crippen molar-refractivity contribution in [3.05, 3.63) is 105 Å². The second-order valence-electron chi connectivity index (χ2n) is 32.7. The number of Topliss-reactive ketones (excluding diaryl/α,β-unsaturated/α-hetero) is 4. The van der Waals surface area contributed by atoms with Crippen molar-refractivity contribution in [2.75, 3.05) is 88.1 Å². The molecule has 2 fully saturated rings. The third-order valence-electron chi connectivity index (χ3n) is 23.2. The number of nitrogens with one attached hydrogen (secondary N) is 3. The zero-order chi connectivity index (χ0) is 85.4. The summed E-state index contributed by atoms with van der Waals surface area (Å²) < 4.78 is 29.6. The first-order valence-electron chi connectivity index (χ1n) is 40.3. The summed E-state index contributed by atoms with van der Waals surface area (Å²) in [6.45, 7) is 25.2. The Morgan fingerprint density at radius 3 is 1.25 bits per heavy atom. The number of carbonyl (C=O) groups is 9. The molecule has 0 aliphatic carbocycles. The number of likely N-dealkylation sites (N-methyl/N-ethyl adjacent to an activating group) is 4. The number of amides is 5. The average molecular weight is 1670 g/mol. The van der Waals surface area contributed by atoms with Crippen LogP contribution in [0.25, 0.3) is 0 Å². The molecule has 28 heteroatoms. The Morgan fingerprint density at radius 2 is 0.939 bits per heavy atom. The fourth-order valence-corrected chi connectivity index (χ4v) is 17.0. The predicted octanol–water partition coefficient (Wildman–Crippen LogP) is 12.7. The van der Waals surface area contributed by atoms with Gasteiger partial charge < -0.3 is 65.0 Å². The number of aromatic nitrogens is 2. The molecule has 16 atom stereocenters. The summed E-state index contributed by atoms with van der Waals surface area (Å²) in [7, 11) is 13.1. The molecule has 24 nitrogen and oxygen atoms in total. The third-order valence-corrected chi connectivity index (χ3v) is 25.1. The van der Waals surface area contributed by atoms with Crippen molar-refractivity contribution >= 4 is 98.7 Å². The Balaban J connectivity index is 0.000000468. The molecule has 0 saturated carbocycles. The van der Waals surface area contributed by atoms with Crippen molar-refractivity contribution in [2.24, 2.45) is 41.2 Å². The van der Waals surface area contributed by atoms with Crippen molar-refractivity contribution < 1.29 is 66.8 Å². The van der Waals surface area contributed by atoms with Crippen LogP contribution in [0.15, 0.2) is 83.8 Å². The van der Waals surface area contributed by atoms with Crippen molar-refractivity contribution in [1.82, 2.24) is 45.5 Å². The van der Waals surface area contributed by atoms with E-state index in [0.717, 1.165) is 46.8 Å². The van der Waals surface area contributed by atoms with Gasteiger partial charge in [-0.3, -0.25) is 38.4 Å². The topological polar surface area (TPSA) is 301 Å². The molecular weight excluding hydrogens is 1530 g/mol. The predicted molar refractivity (Wildman–Crippen MR) is 454 cm³/mol. The summed E-state index contributed by atoms with van der Waals surface area (Å²) in [5.74, 6) is -3.72. The molecule has 0 radical (unpaired) electrons. The summed E-state index contributed by atoms with van der Waals surface area (Å²) in [5, 5.41) is 14.6. The summed E-state index contributed by atoms with van der Waals surface area (Å²) in [6, 6.07) is 18.7. The van der Waals surface area contributed by atoms with Gasteiger partial charge in [0.1, 0.15) is 17.2 Å². The first-order chi connectivity index (χ1) is 53.9. The van der Waals surface area contributed by atoms with Gasteiger partial charge in [-0.05, 0) is 124 Å². The Hall–Kier alpha value is -6.17. The number of alkyl carbamates (subject to hydrolysis) is 1. The van der Waals surface area contributed by atoms with E-state index in [1.54, 1.807) is 150 Å². The molecule has 5 N–H and O–H groups in total. The molecule has 4 heterocycles. The third kappa shape index (κ3) is 29.7. The molecule has 2 saturated heterocycles. The van der Waals surface area contributed by atoms with E-state index < -0.39 is 82.9 Å². The van der Waals surface area contributed by atoms with Crippen LogP contribution in [0, 0.1) is 35.5 Å². The van der Waals surface area contributed by atoms with Crippen LogP contribution in [-0.2, 0) is 74.9 Å². The minimum atomic E-state index is -0.903. The number of ether oxygens (including phenoxy) is 5. The quantitative estimate of drug-likeness (QED) is 0.0299. The van der Waals surface area contributed by atoms with Gasteiger partial charge >= 0.3 is 6.09 Å². The monoisotopic (exact) mass is 1670 g/mol. The lowest BCUT2D eigenvalue weighted by atomic mass is 9.85. The zero-order valence-electron chi connectivity index (χ0n) is 71.8. The van der Waals surface area contributed by atoms with Gasteiger partial charge in [0.2, 0.25) is 23.6 Å². The fourth-order valence-electron chi connectivity index (χ4n) is 15.6. The molecule has 2 aromatic heterocycles. The van der Waals surface area contributed by atoms with Gasteiger partial charge in [0, 0.05) is 141 Å². The molecule has 640 valence electrons. The number of carbonyl (C=O) groups excluding carboxylic acids is 9. The minimum absolute atomic E-state index is 0.00464. The first-order valence-corrected chi connectivity index (χ1v) is 43.1. The van der Waals surface area contributed by atoms with Crippen LogP contribution in [0.3, 0.4) is 0 Å². The Morgan fingerprint density at radius 1 is 0.570 bits per heavy atom. The molecule has 5 amide bonds. The maximum atomic E-state index is 14.4. The fraction of sp³-hybridized carbons (Fsp3) is 0.686. The number of benzene rings is 2. The number of likely N-dealkylation sites (tertiary alicyclic amines) is 2. The molecule has 114 heavy (non-hydrogen) atoms. The highest BCUT2D eigenvalue weighted by atomic mass is 35.5. The molecule has 0 bridgehead atoms. The van der Waals surface area contributed by atoms with Gasteiger partial charge in [0.15, 0.2) is 11.6 Å². The van der Waals surface area contributed by atoms with E-state index in [4.69, 9.17) is 52.6 Å². The van der Waals surface area contributed by atoms with Crippen LogP contribution in [0.4, 0.5) is 4.79 Å². The number of nitrogens with zero attached hydrogens (tertiary/aromatic N) is 6. The zero-order valence-corrected chi connectivity index (χ0v) is 74.9. The maximum absolute atomic E-state index is 14.4. The van der Waals surface area contributed by atoms with Crippen LogP contribution in [0.5, 0.6) is 0 Å². The van der Waals surface area contributed by atoms with Crippen LogP contribution in [0.2, 0.25) is 0 Å². The minimum Gasteiger partial charge on any atom is -0.444 e. The normalized spacial score (nSPS) is 18.2. The molecule has 4 aromatic rings. The standard InChI is InChI=1S/C45H71N5O8S.C40H63N5O6S.CH2Cl2/c1-13-29(2)39(49(10)42(54)33(26-37(52)45(7,8)46-9)28-48-43(55)58-44(4,5)6)36(56-11)27-38(53)50-22-17-20-34(50)40(57-12)30(3)35(51)25-32(41-47-21-23-59-41)24-31-18-15-14-16-19-31;1-10-26(2)36(44(7)39(49)30(25-41)23-34(47)40(4,5)42-6)33(50-8)24-35(48)45-19-14-17-31(45)37(51-9)27(3)32(46)22-29(38-43-18-20-52-38)21-28-15-12-11-13-16-28;2-1-3/h14-16,18-19,21,23,29-30,32-34,36,39-40,46H,13,17,20,22,24-28H2,1-12H3,(H,48,55);11-13,15-16,18,20,26-27,29-31,33,36-37,42H,10,14,17,19,21-25,41H2,1-9H3;1H2/t29-,30-,32+,33-,34-,36+,39-,40+;26-,27-,29+,30-,31-,33+,36-,37+;/m00./s1. The number of methoxy groups -OCH3 is 4. The van der Waals surface area contributed by atoms with Crippen molar-refractivity contribution in [3.63, 3.8) is 0 Å². The number of rotatable bonds is 45. The van der Waals surface area contributed by atoms with E-state index in [2.05, 4.69) is 50.2 Å². The molecule has 0 spiro atoms. The van der Waals surface area contributed by atoms with E-state index in [-0.39, 0.29) is 127 Å². The summed E-state index contributed by atoms with van der Waals surface area (Å²) >= 11 is 12.6. The molecule has 6 rings (SSSR count). The number of hydrogen-bond acceptors (Lipinski definition) is 21. The average Bonchev–Trinajstić information content (AvgIpc) is 1.53. The van der Waals surface area contributed by atoms with Crippen LogP contribution >= 0.6 is 45.9 Å². The van der Waals surface area contributed by atoms with Crippen LogP contribution in [0.1, 0.15) is 200 Å². The molecule has 2 aromatic carbocycles. The lowest BCUT2D eigenvalue weighted by Crippen LogP contribution is -2.55. The molecule has 2 aliphatic rings. The Bertz CT molecular complexity index is 3560. The Kier molecular flexibility index (Phi) is 43.3. The van der Waals surface area contributed by atoms with Gasteiger partial charge in [-0.25, -0.2) is 14.8 Å². The summed E-state index contributed by atoms with van der Waals surface area (Å²) in [6.07, 6.45) is 6.97. The number of halogens is 2. The van der Waals surface area contributed by atoms with Crippen molar-refractivity contribution in [2.45, 2.75) is 257 Å².